The summed E-state index contributed by atoms with van der Waals surface area (Å²) in [5, 5.41) is 15.3. The summed E-state index contributed by atoms with van der Waals surface area (Å²) in [6, 6.07) is 12.2. The number of amides is 3. The van der Waals surface area contributed by atoms with E-state index in [9.17, 15) is 14.0 Å². The van der Waals surface area contributed by atoms with Gasteiger partial charge in [-0.15, -0.1) is 10.2 Å². The molecule has 2 heterocycles. The van der Waals surface area contributed by atoms with Crippen LogP contribution in [0.3, 0.4) is 0 Å². The molecule has 1 atom stereocenters. The van der Waals surface area contributed by atoms with Crippen molar-refractivity contribution in [3.63, 3.8) is 0 Å². The molecule has 3 amide bonds. The van der Waals surface area contributed by atoms with Gasteiger partial charge in [-0.05, 0) is 61.4 Å². The maximum Gasteiger partial charge on any atom is 0.321 e. The fourth-order valence-electron chi connectivity index (χ4n) is 3.31. The maximum atomic E-state index is 13.0. The van der Waals surface area contributed by atoms with Crippen molar-refractivity contribution in [2.75, 3.05) is 23.7 Å². The van der Waals surface area contributed by atoms with Gasteiger partial charge in [0.25, 0.3) is 5.91 Å². The molecule has 7 nitrogen and oxygen atoms in total. The van der Waals surface area contributed by atoms with Gasteiger partial charge in [-0.25, -0.2) is 9.18 Å². The monoisotopic (exact) mass is 459 g/mol. The molecule has 1 aliphatic rings. The number of nitrogens with one attached hydrogen (secondary N) is 2. The molecule has 2 N–H and O–H groups in total. The Kier molecular flexibility index (Phi) is 6.43. The van der Waals surface area contributed by atoms with Crippen LogP contribution in [0.4, 0.5) is 20.6 Å². The third-order valence-corrected chi connectivity index (χ3v) is 6.23. The van der Waals surface area contributed by atoms with Crippen molar-refractivity contribution in [2.24, 2.45) is 0 Å². The number of rotatable bonds is 4. The first-order chi connectivity index (χ1) is 15.0. The van der Waals surface area contributed by atoms with Gasteiger partial charge in [0.15, 0.2) is 0 Å². The molecule has 1 saturated heterocycles. The lowest BCUT2D eigenvalue weighted by Crippen LogP contribution is -2.41. The van der Waals surface area contributed by atoms with Gasteiger partial charge in [0.2, 0.25) is 5.01 Å². The summed E-state index contributed by atoms with van der Waals surface area (Å²) in [6.07, 6.45) is 1.69. The van der Waals surface area contributed by atoms with E-state index in [4.69, 9.17) is 11.6 Å². The summed E-state index contributed by atoms with van der Waals surface area (Å²) in [6.45, 7) is 1.14. The number of hydrogen-bond acceptors (Lipinski definition) is 5. The molecule has 31 heavy (non-hydrogen) atoms. The second-order valence-corrected chi connectivity index (χ2v) is 8.57. The standard InChI is InChI=1S/C21H19ClFN5O2S/c22-14-3-7-17(8-4-14)25-21(30)28-11-1-2-13(12-28)19-26-27-20(31-19)18(29)24-16-9-5-15(23)6-10-16/h3-10,13H,1-2,11-12H2,(H,24,29)(H,25,30)/t13-/m1/s1. The average Bonchev–Trinajstić information content (AvgIpc) is 3.28. The van der Waals surface area contributed by atoms with Gasteiger partial charge < -0.3 is 15.5 Å². The number of carbonyl (C=O) groups is 2. The zero-order valence-corrected chi connectivity index (χ0v) is 17.9. The highest BCUT2D eigenvalue weighted by Crippen LogP contribution is 2.30. The molecule has 0 radical (unpaired) electrons. The summed E-state index contributed by atoms with van der Waals surface area (Å²) in [7, 11) is 0. The number of likely N-dealkylation sites (tertiary alicyclic amines) is 1. The Morgan fingerprint density at radius 3 is 2.45 bits per heavy atom. The molecular formula is C21H19ClFN5O2S. The van der Waals surface area contributed by atoms with Gasteiger partial charge in [-0.3, -0.25) is 4.79 Å². The zero-order valence-electron chi connectivity index (χ0n) is 16.3. The Labute approximate surface area is 187 Å². The fourth-order valence-corrected chi connectivity index (χ4v) is 4.30. The van der Waals surface area contributed by atoms with Crippen molar-refractivity contribution >= 4 is 46.3 Å². The Morgan fingerprint density at radius 2 is 1.71 bits per heavy atom. The highest BCUT2D eigenvalue weighted by Gasteiger charge is 2.28. The van der Waals surface area contributed by atoms with Crippen molar-refractivity contribution in [1.29, 1.82) is 0 Å². The molecule has 2 aromatic carbocycles. The number of anilines is 2. The minimum atomic E-state index is -0.400. The van der Waals surface area contributed by atoms with Gasteiger partial charge >= 0.3 is 6.03 Å². The number of piperidine rings is 1. The van der Waals surface area contributed by atoms with Crippen LogP contribution in [-0.2, 0) is 0 Å². The van der Waals surface area contributed by atoms with Gasteiger partial charge in [-0.1, -0.05) is 22.9 Å². The molecule has 1 fully saturated rings. The van der Waals surface area contributed by atoms with Gasteiger partial charge in [-0.2, -0.15) is 0 Å². The third-order valence-electron chi connectivity index (χ3n) is 4.89. The van der Waals surface area contributed by atoms with Gasteiger partial charge in [0.1, 0.15) is 10.8 Å². The van der Waals surface area contributed by atoms with Crippen LogP contribution >= 0.6 is 22.9 Å². The summed E-state index contributed by atoms with van der Waals surface area (Å²) in [5.41, 5.74) is 1.15. The maximum absolute atomic E-state index is 13.0. The van der Waals surface area contributed by atoms with Crippen molar-refractivity contribution in [3.8, 4) is 0 Å². The molecule has 0 bridgehead atoms. The number of halogens is 2. The van der Waals surface area contributed by atoms with E-state index >= 15 is 0 Å². The van der Waals surface area contributed by atoms with Crippen LogP contribution in [0.1, 0.15) is 33.6 Å². The van der Waals surface area contributed by atoms with E-state index in [1.165, 1.54) is 35.6 Å². The largest absolute Gasteiger partial charge is 0.324 e. The molecule has 1 aliphatic heterocycles. The Hall–Kier alpha value is -3.04. The number of hydrogen-bond donors (Lipinski definition) is 2. The molecule has 4 rings (SSSR count). The minimum absolute atomic E-state index is 0.00888. The topological polar surface area (TPSA) is 87.2 Å². The predicted molar refractivity (Wildman–Crippen MR) is 118 cm³/mol. The van der Waals surface area contributed by atoms with E-state index in [1.54, 1.807) is 29.2 Å². The first-order valence-electron chi connectivity index (χ1n) is 9.70. The van der Waals surface area contributed by atoms with Crippen LogP contribution < -0.4 is 10.6 Å². The quantitative estimate of drug-likeness (QED) is 0.575. The minimum Gasteiger partial charge on any atom is -0.324 e. The predicted octanol–water partition coefficient (Wildman–Crippen LogP) is 4.99. The molecule has 1 aromatic heterocycles. The first-order valence-corrected chi connectivity index (χ1v) is 10.9. The van der Waals surface area contributed by atoms with Crippen LogP contribution in [-0.4, -0.2) is 40.1 Å². The van der Waals surface area contributed by atoms with Crippen molar-refractivity contribution < 1.29 is 14.0 Å². The fraction of sp³-hybridized carbons (Fsp3) is 0.238. The lowest BCUT2D eigenvalue weighted by atomic mass is 9.99. The van der Waals surface area contributed by atoms with E-state index in [2.05, 4.69) is 20.8 Å². The zero-order chi connectivity index (χ0) is 21.8. The molecule has 10 heteroatoms. The Balaban J connectivity index is 1.37. The highest BCUT2D eigenvalue weighted by molar-refractivity contribution is 7.13. The van der Waals surface area contributed by atoms with Crippen molar-refractivity contribution in [1.82, 2.24) is 15.1 Å². The van der Waals surface area contributed by atoms with Gasteiger partial charge in [0, 0.05) is 35.4 Å². The lowest BCUT2D eigenvalue weighted by molar-refractivity contribution is 0.102. The van der Waals surface area contributed by atoms with E-state index in [0.717, 1.165) is 12.8 Å². The van der Waals surface area contributed by atoms with Crippen molar-refractivity contribution in [3.05, 3.63) is 69.4 Å². The molecule has 0 spiro atoms. The summed E-state index contributed by atoms with van der Waals surface area (Å²) in [5.74, 6) is -0.767. The van der Waals surface area contributed by atoms with E-state index in [-0.39, 0.29) is 22.8 Å². The molecule has 0 unspecified atom stereocenters. The lowest BCUT2D eigenvalue weighted by Gasteiger charge is -2.31. The van der Waals surface area contributed by atoms with Crippen molar-refractivity contribution in [2.45, 2.75) is 18.8 Å². The summed E-state index contributed by atoms with van der Waals surface area (Å²) < 4.78 is 13.0. The summed E-state index contributed by atoms with van der Waals surface area (Å²) in [4.78, 5) is 26.8. The molecule has 160 valence electrons. The second-order valence-electron chi connectivity index (χ2n) is 7.13. The number of urea groups is 1. The normalized spacial score (nSPS) is 16.1. The number of benzene rings is 2. The molecule has 0 aliphatic carbocycles. The number of nitrogens with zero attached hydrogens (tertiary/aromatic N) is 3. The smallest absolute Gasteiger partial charge is 0.321 e. The summed E-state index contributed by atoms with van der Waals surface area (Å²) >= 11 is 7.09. The van der Waals surface area contributed by atoms with E-state index < -0.39 is 5.91 Å². The average molecular weight is 460 g/mol. The second kappa shape index (κ2) is 9.40. The van der Waals surface area contributed by atoms with Crippen LogP contribution in [0, 0.1) is 5.82 Å². The van der Waals surface area contributed by atoms with Crippen LogP contribution in [0.15, 0.2) is 48.5 Å². The van der Waals surface area contributed by atoms with Crippen LogP contribution in [0.2, 0.25) is 5.02 Å². The van der Waals surface area contributed by atoms with Crippen LogP contribution in [0.5, 0.6) is 0 Å². The third kappa shape index (κ3) is 5.36. The molecule has 3 aromatic rings. The highest BCUT2D eigenvalue weighted by atomic mass is 35.5. The van der Waals surface area contributed by atoms with E-state index in [1.807, 2.05) is 0 Å². The molecular weight excluding hydrogens is 441 g/mol. The number of aromatic nitrogens is 2. The SMILES string of the molecule is O=C(Nc1ccc(F)cc1)c1nnc([C@@H]2CCCN(C(=O)Nc3ccc(Cl)cc3)C2)s1. The first kappa shape index (κ1) is 21.2. The Morgan fingerprint density at radius 1 is 1.03 bits per heavy atom. The van der Waals surface area contributed by atoms with E-state index in [0.29, 0.717) is 34.5 Å². The number of carbonyl (C=O) groups excluding carboxylic acids is 2. The Bertz CT molecular complexity index is 1070. The van der Waals surface area contributed by atoms with Crippen LogP contribution in [0.25, 0.3) is 0 Å². The molecule has 0 saturated carbocycles. The van der Waals surface area contributed by atoms with Gasteiger partial charge in [0.05, 0.1) is 0 Å².